The fourth-order valence-electron chi connectivity index (χ4n) is 0.933. The maximum absolute atomic E-state index is 10.5. The zero-order chi connectivity index (χ0) is 9.68. The van der Waals surface area contributed by atoms with E-state index in [0.717, 1.165) is 0 Å². The van der Waals surface area contributed by atoms with Gasteiger partial charge in [0.2, 0.25) is 0 Å². The van der Waals surface area contributed by atoms with Crippen LogP contribution in [0, 0.1) is 0 Å². The van der Waals surface area contributed by atoms with Crippen molar-refractivity contribution in [1.82, 2.24) is 0 Å². The van der Waals surface area contributed by atoms with E-state index >= 15 is 0 Å². The molecule has 70 valence electrons. The molecule has 0 spiro atoms. The van der Waals surface area contributed by atoms with Crippen molar-refractivity contribution in [2.75, 3.05) is 12.5 Å². The van der Waals surface area contributed by atoms with Gasteiger partial charge in [-0.2, -0.15) is 0 Å². The maximum atomic E-state index is 10.5. The van der Waals surface area contributed by atoms with Gasteiger partial charge in [-0.05, 0) is 12.1 Å². The Morgan fingerprint density at radius 3 is 2.92 bits per heavy atom. The highest BCUT2D eigenvalue weighted by Gasteiger charge is 2.07. The minimum Gasteiger partial charge on any atom is -0.504 e. The Balaban J connectivity index is 2.93. The summed E-state index contributed by atoms with van der Waals surface area (Å²) in [6, 6.07) is 4.60. The highest BCUT2D eigenvalue weighted by atomic mass is 35.5. The molecule has 0 atom stereocenters. The standard InChI is InChI=1S/C9H9ClO3/c10-4-5-13-9-7(6-11)2-1-3-8(9)12/h1-3,6,12H,4-5H2. The average Bonchev–Trinajstić information content (AvgIpc) is 2.15. The number of ether oxygens (including phenoxy) is 1. The molecule has 1 N–H and O–H groups in total. The first-order valence-corrected chi connectivity index (χ1v) is 4.29. The number of para-hydroxylation sites is 1. The lowest BCUT2D eigenvalue weighted by Crippen LogP contribution is -2.00. The zero-order valence-electron chi connectivity index (χ0n) is 6.87. The van der Waals surface area contributed by atoms with Gasteiger partial charge in [0, 0.05) is 0 Å². The molecule has 1 aromatic rings. The van der Waals surface area contributed by atoms with Crippen molar-refractivity contribution in [3.63, 3.8) is 0 Å². The summed E-state index contributed by atoms with van der Waals surface area (Å²) in [6.07, 6.45) is 0.628. The molecule has 1 rings (SSSR count). The molecule has 3 nitrogen and oxygen atoms in total. The Hall–Kier alpha value is -1.22. The third-order valence-electron chi connectivity index (χ3n) is 1.48. The van der Waals surface area contributed by atoms with Crippen molar-refractivity contribution < 1.29 is 14.6 Å². The predicted molar refractivity (Wildman–Crippen MR) is 49.7 cm³/mol. The summed E-state index contributed by atoms with van der Waals surface area (Å²) in [4.78, 5) is 10.5. The summed E-state index contributed by atoms with van der Waals surface area (Å²) >= 11 is 5.40. The molecule has 0 heterocycles. The monoisotopic (exact) mass is 200 g/mol. The quantitative estimate of drug-likeness (QED) is 0.596. The molecule has 0 radical (unpaired) electrons. The van der Waals surface area contributed by atoms with E-state index in [0.29, 0.717) is 17.7 Å². The summed E-state index contributed by atoms with van der Waals surface area (Å²) in [5, 5.41) is 9.32. The topological polar surface area (TPSA) is 46.5 Å². The molecule has 0 saturated heterocycles. The largest absolute Gasteiger partial charge is 0.504 e. The van der Waals surface area contributed by atoms with E-state index < -0.39 is 0 Å². The first kappa shape index (κ1) is 9.86. The number of halogens is 1. The summed E-state index contributed by atoms with van der Waals surface area (Å²) in [6.45, 7) is 0.264. The lowest BCUT2D eigenvalue weighted by Gasteiger charge is -2.07. The Labute approximate surface area is 80.9 Å². The second kappa shape index (κ2) is 4.72. The highest BCUT2D eigenvalue weighted by Crippen LogP contribution is 2.28. The van der Waals surface area contributed by atoms with Crippen LogP contribution in [0.25, 0.3) is 0 Å². The number of benzene rings is 1. The molecule has 1 aromatic carbocycles. The summed E-state index contributed by atoms with van der Waals surface area (Å²) in [7, 11) is 0. The molecule has 0 aliphatic rings. The molecule has 0 aliphatic heterocycles. The Morgan fingerprint density at radius 1 is 1.54 bits per heavy atom. The van der Waals surface area contributed by atoms with Crippen molar-refractivity contribution in [2.45, 2.75) is 0 Å². The molecular weight excluding hydrogens is 192 g/mol. The zero-order valence-corrected chi connectivity index (χ0v) is 7.62. The fraction of sp³-hybridized carbons (Fsp3) is 0.222. The van der Waals surface area contributed by atoms with E-state index in [2.05, 4.69) is 0 Å². The number of hydrogen-bond donors (Lipinski definition) is 1. The lowest BCUT2D eigenvalue weighted by molar-refractivity contribution is 0.111. The van der Waals surface area contributed by atoms with Crippen LogP contribution in [-0.2, 0) is 0 Å². The van der Waals surface area contributed by atoms with Crippen molar-refractivity contribution in [1.29, 1.82) is 0 Å². The van der Waals surface area contributed by atoms with Gasteiger partial charge in [-0.25, -0.2) is 0 Å². The number of alkyl halides is 1. The first-order chi connectivity index (χ1) is 6.29. The summed E-state index contributed by atoms with van der Waals surface area (Å²) in [5.41, 5.74) is 0.324. The van der Waals surface area contributed by atoms with Gasteiger partial charge < -0.3 is 9.84 Å². The Morgan fingerprint density at radius 2 is 2.31 bits per heavy atom. The first-order valence-electron chi connectivity index (χ1n) is 3.75. The molecule has 0 unspecified atom stereocenters. The summed E-state index contributed by atoms with van der Waals surface area (Å²) < 4.78 is 5.09. The number of carbonyl (C=O) groups is 1. The third kappa shape index (κ3) is 2.36. The normalized spacial score (nSPS) is 9.62. The van der Waals surface area contributed by atoms with Gasteiger partial charge in [-0.15, -0.1) is 11.6 Å². The van der Waals surface area contributed by atoms with E-state index in [1.807, 2.05) is 0 Å². The summed E-state index contributed by atoms with van der Waals surface area (Å²) in [5.74, 6) is 0.458. The number of phenols is 1. The minimum absolute atomic E-state index is 0.0466. The smallest absolute Gasteiger partial charge is 0.171 e. The van der Waals surface area contributed by atoms with Crippen LogP contribution in [0.4, 0.5) is 0 Å². The number of carbonyl (C=O) groups excluding carboxylic acids is 1. The van der Waals surface area contributed by atoms with E-state index in [1.165, 1.54) is 6.07 Å². The molecule has 0 bridgehead atoms. The Bertz CT molecular complexity index is 299. The predicted octanol–water partition coefficient (Wildman–Crippen LogP) is 1.82. The van der Waals surface area contributed by atoms with Crippen molar-refractivity contribution in [2.24, 2.45) is 0 Å². The van der Waals surface area contributed by atoms with Gasteiger partial charge in [0.15, 0.2) is 17.8 Å². The number of rotatable bonds is 4. The average molecular weight is 201 g/mol. The van der Waals surface area contributed by atoms with Gasteiger partial charge in [-0.3, -0.25) is 4.79 Å². The molecule has 0 saturated carbocycles. The van der Waals surface area contributed by atoms with Gasteiger partial charge in [0.25, 0.3) is 0 Å². The van der Waals surface area contributed by atoms with Crippen LogP contribution in [0.2, 0.25) is 0 Å². The van der Waals surface area contributed by atoms with Crippen LogP contribution >= 0.6 is 11.6 Å². The van der Waals surface area contributed by atoms with Crippen molar-refractivity contribution >= 4 is 17.9 Å². The van der Waals surface area contributed by atoms with Crippen molar-refractivity contribution in [3.8, 4) is 11.5 Å². The van der Waals surface area contributed by atoms with Crippen molar-refractivity contribution in [3.05, 3.63) is 23.8 Å². The number of hydrogen-bond acceptors (Lipinski definition) is 3. The number of aromatic hydroxyl groups is 1. The second-order valence-electron chi connectivity index (χ2n) is 2.35. The molecule has 0 aliphatic carbocycles. The van der Waals surface area contributed by atoms with Crippen LogP contribution in [0.3, 0.4) is 0 Å². The number of phenolic OH excluding ortho intramolecular Hbond substituents is 1. The second-order valence-corrected chi connectivity index (χ2v) is 2.73. The minimum atomic E-state index is -0.0466. The van der Waals surface area contributed by atoms with E-state index in [-0.39, 0.29) is 18.1 Å². The molecule has 0 aromatic heterocycles. The molecule has 0 fully saturated rings. The SMILES string of the molecule is O=Cc1cccc(O)c1OCCCl. The Kier molecular flexibility index (Phi) is 3.58. The van der Waals surface area contributed by atoms with Crippen LogP contribution < -0.4 is 4.74 Å². The third-order valence-corrected chi connectivity index (χ3v) is 1.63. The molecular formula is C9H9ClO3. The fourth-order valence-corrected chi connectivity index (χ4v) is 1.01. The van der Waals surface area contributed by atoms with Crippen LogP contribution in [0.15, 0.2) is 18.2 Å². The van der Waals surface area contributed by atoms with Gasteiger partial charge >= 0.3 is 0 Å². The van der Waals surface area contributed by atoms with Crippen LogP contribution in [0.1, 0.15) is 10.4 Å². The molecule has 13 heavy (non-hydrogen) atoms. The molecule has 4 heteroatoms. The lowest BCUT2D eigenvalue weighted by atomic mass is 10.2. The van der Waals surface area contributed by atoms with E-state index in [9.17, 15) is 9.90 Å². The van der Waals surface area contributed by atoms with Gasteiger partial charge in [-0.1, -0.05) is 6.07 Å². The van der Waals surface area contributed by atoms with Crippen LogP contribution in [0.5, 0.6) is 11.5 Å². The van der Waals surface area contributed by atoms with E-state index in [1.54, 1.807) is 12.1 Å². The maximum Gasteiger partial charge on any atom is 0.171 e. The molecule has 0 amide bonds. The van der Waals surface area contributed by atoms with Crippen LogP contribution in [-0.4, -0.2) is 23.9 Å². The highest BCUT2D eigenvalue weighted by molar-refractivity contribution is 6.18. The van der Waals surface area contributed by atoms with E-state index in [4.69, 9.17) is 16.3 Å². The van der Waals surface area contributed by atoms with Gasteiger partial charge in [0.1, 0.15) is 6.61 Å². The van der Waals surface area contributed by atoms with Gasteiger partial charge in [0.05, 0.1) is 11.4 Å². The number of aldehydes is 1.